The third-order valence-corrected chi connectivity index (χ3v) is 1.62. The summed E-state index contributed by atoms with van der Waals surface area (Å²) in [5.74, 6) is 0. The van der Waals surface area contributed by atoms with Crippen molar-refractivity contribution in [2.45, 2.75) is 13.0 Å². The lowest BCUT2D eigenvalue weighted by Crippen LogP contribution is -2.19. The summed E-state index contributed by atoms with van der Waals surface area (Å²) in [6, 6.07) is 3.60. The number of anilines is 1. The van der Waals surface area contributed by atoms with Crippen LogP contribution in [0, 0.1) is 11.3 Å². The van der Waals surface area contributed by atoms with Gasteiger partial charge in [-0.05, 0) is 13.0 Å². The molecule has 1 rings (SSSR count). The van der Waals surface area contributed by atoms with Crippen molar-refractivity contribution in [2.75, 3.05) is 11.9 Å². The maximum atomic E-state index is 8.79. The van der Waals surface area contributed by atoms with E-state index in [1.54, 1.807) is 18.5 Å². The molecule has 1 heterocycles. The highest BCUT2D eigenvalue weighted by Gasteiger charge is 2.04. The van der Waals surface area contributed by atoms with Gasteiger partial charge in [-0.3, -0.25) is 4.98 Å². The summed E-state index contributed by atoms with van der Waals surface area (Å²) in [5, 5.41) is 20.5. The fourth-order valence-electron chi connectivity index (χ4n) is 0.918. The van der Waals surface area contributed by atoms with Gasteiger partial charge in [-0.1, -0.05) is 0 Å². The van der Waals surface area contributed by atoms with Gasteiger partial charge >= 0.3 is 0 Å². The quantitative estimate of drug-likeness (QED) is 0.714. The van der Waals surface area contributed by atoms with Gasteiger partial charge in [0.05, 0.1) is 24.1 Å². The van der Waals surface area contributed by atoms with E-state index in [1.165, 1.54) is 0 Å². The molecule has 0 amide bonds. The molecule has 0 aliphatic rings. The molecule has 0 spiro atoms. The molecule has 0 bridgehead atoms. The van der Waals surface area contributed by atoms with Crippen LogP contribution in [0.3, 0.4) is 0 Å². The van der Waals surface area contributed by atoms with Crippen LogP contribution in [-0.4, -0.2) is 22.7 Å². The number of aliphatic hydroxyl groups is 1. The SMILES string of the molecule is CC(CO)Nc1cnccc1C#N. The molecule has 2 N–H and O–H groups in total. The lowest BCUT2D eigenvalue weighted by Gasteiger charge is -2.12. The molecule has 68 valence electrons. The summed E-state index contributed by atoms with van der Waals surface area (Å²) in [6.07, 6.45) is 3.14. The van der Waals surface area contributed by atoms with Gasteiger partial charge in [-0.15, -0.1) is 0 Å². The van der Waals surface area contributed by atoms with Crippen LogP contribution in [0.1, 0.15) is 12.5 Å². The molecule has 0 saturated carbocycles. The highest BCUT2D eigenvalue weighted by atomic mass is 16.3. The van der Waals surface area contributed by atoms with Gasteiger partial charge in [0.25, 0.3) is 0 Å². The van der Waals surface area contributed by atoms with E-state index < -0.39 is 0 Å². The molecule has 0 radical (unpaired) electrons. The second-order valence-corrected chi connectivity index (χ2v) is 2.76. The maximum Gasteiger partial charge on any atom is 0.101 e. The molecule has 13 heavy (non-hydrogen) atoms. The number of nitrogens with one attached hydrogen (secondary N) is 1. The summed E-state index contributed by atoms with van der Waals surface area (Å²) in [7, 11) is 0. The lowest BCUT2D eigenvalue weighted by molar-refractivity contribution is 0.281. The molecular weight excluding hydrogens is 166 g/mol. The van der Waals surface area contributed by atoms with Crippen LogP contribution >= 0.6 is 0 Å². The Morgan fingerprint density at radius 3 is 3.15 bits per heavy atom. The largest absolute Gasteiger partial charge is 0.394 e. The highest BCUT2D eigenvalue weighted by molar-refractivity contribution is 5.55. The Balaban J connectivity index is 2.82. The van der Waals surface area contributed by atoms with Crippen LogP contribution in [0.15, 0.2) is 18.5 Å². The summed E-state index contributed by atoms with van der Waals surface area (Å²) < 4.78 is 0. The minimum absolute atomic E-state index is 0.0275. The molecule has 4 heteroatoms. The number of aliphatic hydroxyl groups excluding tert-OH is 1. The van der Waals surface area contributed by atoms with Gasteiger partial charge in [0.1, 0.15) is 6.07 Å². The smallest absolute Gasteiger partial charge is 0.101 e. The molecule has 4 nitrogen and oxygen atoms in total. The van der Waals surface area contributed by atoms with Gasteiger partial charge in [-0.25, -0.2) is 0 Å². The van der Waals surface area contributed by atoms with E-state index in [1.807, 2.05) is 13.0 Å². The molecule has 1 aromatic heterocycles. The molecule has 0 fully saturated rings. The zero-order chi connectivity index (χ0) is 9.68. The average Bonchev–Trinajstić information content (AvgIpc) is 2.18. The Hall–Kier alpha value is -1.60. The Morgan fingerprint density at radius 2 is 2.54 bits per heavy atom. The molecule has 1 aromatic rings. The Labute approximate surface area is 76.8 Å². The monoisotopic (exact) mass is 177 g/mol. The molecular formula is C9H11N3O. The molecule has 1 unspecified atom stereocenters. The van der Waals surface area contributed by atoms with Gasteiger partial charge in [0.15, 0.2) is 0 Å². The minimum atomic E-state index is -0.0729. The molecule has 0 aliphatic heterocycles. The normalized spacial score (nSPS) is 11.8. The lowest BCUT2D eigenvalue weighted by atomic mass is 10.2. The second kappa shape index (κ2) is 4.43. The zero-order valence-corrected chi connectivity index (χ0v) is 7.36. The summed E-state index contributed by atoms with van der Waals surface area (Å²) >= 11 is 0. The van der Waals surface area contributed by atoms with Gasteiger partial charge < -0.3 is 10.4 Å². The van der Waals surface area contributed by atoms with Crippen molar-refractivity contribution in [3.8, 4) is 6.07 Å². The Kier molecular flexibility index (Phi) is 3.23. The second-order valence-electron chi connectivity index (χ2n) is 2.76. The van der Waals surface area contributed by atoms with Crippen molar-refractivity contribution in [1.29, 1.82) is 5.26 Å². The number of nitrogens with zero attached hydrogens (tertiary/aromatic N) is 2. The molecule has 1 atom stereocenters. The van der Waals surface area contributed by atoms with Gasteiger partial charge in [0, 0.05) is 12.2 Å². The summed E-state index contributed by atoms with van der Waals surface area (Å²) in [6.45, 7) is 1.86. The van der Waals surface area contributed by atoms with Crippen LogP contribution < -0.4 is 5.32 Å². The first-order valence-corrected chi connectivity index (χ1v) is 3.99. The van der Waals surface area contributed by atoms with Crippen molar-refractivity contribution in [1.82, 2.24) is 4.98 Å². The van der Waals surface area contributed by atoms with Crippen molar-refractivity contribution in [3.63, 3.8) is 0 Å². The molecule has 0 aliphatic carbocycles. The van der Waals surface area contributed by atoms with Crippen molar-refractivity contribution in [3.05, 3.63) is 24.0 Å². The number of nitriles is 1. The van der Waals surface area contributed by atoms with Crippen molar-refractivity contribution < 1.29 is 5.11 Å². The van der Waals surface area contributed by atoms with Crippen LogP contribution in [0.2, 0.25) is 0 Å². The van der Waals surface area contributed by atoms with E-state index in [-0.39, 0.29) is 12.6 Å². The van der Waals surface area contributed by atoms with Crippen LogP contribution in [-0.2, 0) is 0 Å². The number of hydrogen-bond acceptors (Lipinski definition) is 4. The predicted octanol–water partition coefficient (Wildman–Crippen LogP) is 0.746. The van der Waals surface area contributed by atoms with E-state index in [0.717, 1.165) is 0 Å². The Bertz CT molecular complexity index is 319. The average molecular weight is 177 g/mol. The number of hydrogen-bond donors (Lipinski definition) is 2. The standard InChI is InChI=1S/C9H11N3O/c1-7(6-13)12-9-5-11-3-2-8(9)4-10/h2-3,5,7,12-13H,6H2,1H3. The number of aromatic nitrogens is 1. The first-order valence-electron chi connectivity index (χ1n) is 3.99. The van der Waals surface area contributed by atoms with Crippen molar-refractivity contribution >= 4 is 5.69 Å². The third-order valence-electron chi connectivity index (χ3n) is 1.62. The Morgan fingerprint density at radius 1 is 1.77 bits per heavy atom. The highest BCUT2D eigenvalue weighted by Crippen LogP contribution is 2.12. The fourth-order valence-corrected chi connectivity index (χ4v) is 0.918. The minimum Gasteiger partial charge on any atom is -0.394 e. The van der Waals surface area contributed by atoms with Crippen LogP contribution in [0.25, 0.3) is 0 Å². The molecule has 0 saturated heterocycles. The van der Waals surface area contributed by atoms with E-state index in [9.17, 15) is 0 Å². The van der Waals surface area contributed by atoms with Crippen LogP contribution in [0.4, 0.5) is 5.69 Å². The summed E-state index contributed by atoms with van der Waals surface area (Å²) in [5.41, 5.74) is 1.20. The van der Waals surface area contributed by atoms with Crippen LogP contribution in [0.5, 0.6) is 0 Å². The number of pyridine rings is 1. The predicted molar refractivity (Wildman–Crippen MR) is 49.1 cm³/mol. The molecule has 0 aromatic carbocycles. The van der Waals surface area contributed by atoms with E-state index in [2.05, 4.69) is 10.3 Å². The topological polar surface area (TPSA) is 68.9 Å². The van der Waals surface area contributed by atoms with E-state index in [4.69, 9.17) is 10.4 Å². The summed E-state index contributed by atoms with van der Waals surface area (Å²) in [4.78, 5) is 3.89. The third kappa shape index (κ3) is 2.42. The van der Waals surface area contributed by atoms with E-state index in [0.29, 0.717) is 11.3 Å². The van der Waals surface area contributed by atoms with E-state index >= 15 is 0 Å². The van der Waals surface area contributed by atoms with Gasteiger partial charge in [-0.2, -0.15) is 5.26 Å². The zero-order valence-electron chi connectivity index (χ0n) is 7.36. The maximum absolute atomic E-state index is 8.79. The first kappa shape index (κ1) is 9.49. The number of rotatable bonds is 3. The van der Waals surface area contributed by atoms with Gasteiger partial charge in [0.2, 0.25) is 0 Å². The fraction of sp³-hybridized carbons (Fsp3) is 0.333. The van der Waals surface area contributed by atoms with Crippen molar-refractivity contribution in [2.24, 2.45) is 0 Å². The first-order chi connectivity index (χ1) is 6.27.